The first-order chi connectivity index (χ1) is 13.0. The van der Waals surface area contributed by atoms with Crippen LogP contribution >= 0.6 is 19.7 Å². The van der Waals surface area contributed by atoms with E-state index in [9.17, 15) is 0 Å². The summed E-state index contributed by atoms with van der Waals surface area (Å²) in [7, 11) is -0.0292. The minimum absolute atomic E-state index is 0. The van der Waals surface area contributed by atoms with Crippen molar-refractivity contribution in [3.63, 3.8) is 0 Å². The molecule has 0 spiro atoms. The van der Waals surface area contributed by atoms with Crippen molar-refractivity contribution in [1.29, 1.82) is 0 Å². The second-order valence-corrected chi connectivity index (χ2v) is 15.1. The summed E-state index contributed by atoms with van der Waals surface area (Å²) < 4.78 is 1.51. The average Bonchev–Trinajstić information content (AvgIpc) is 3.25. The second-order valence-electron chi connectivity index (χ2n) is 8.41. The van der Waals surface area contributed by atoms with Crippen LogP contribution in [0.1, 0.15) is 48.5 Å². The molecule has 4 aliphatic rings. The zero-order chi connectivity index (χ0) is 21.1. The summed E-state index contributed by atoms with van der Waals surface area (Å²) in [6.45, 7) is 15.8. The van der Waals surface area contributed by atoms with Gasteiger partial charge in [-0.3, -0.25) is 0 Å². The van der Waals surface area contributed by atoms with E-state index in [0.29, 0.717) is 5.16 Å². The van der Waals surface area contributed by atoms with Crippen LogP contribution in [0.2, 0.25) is 0 Å². The summed E-state index contributed by atoms with van der Waals surface area (Å²) in [6, 6.07) is 0. The summed E-state index contributed by atoms with van der Waals surface area (Å²) >= 11 is 3.33. The fourth-order valence-electron chi connectivity index (χ4n) is 3.58. The number of fused-ring (bicyclic) bond motifs is 2. The molecule has 0 aromatic rings. The van der Waals surface area contributed by atoms with E-state index in [1.807, 2.05) is 6.08 Å². The zero-order valence-electron chi connectivity index (χ0n) is 19.2. The number of thioether (sulfide) groups is 1. The molecule has 0 aromatic heterocycles. The van der Waals surface area contributed by atoms with E-state index < -0.39 is 0 Å². The van der Waals surface area contributed by atoms with Crippen LogP contribution in [0.3, 0.4) is 0 Å². The number of hydrogen-bond acceptors (Lipinski definition) is 1. The third kappa shape index (κ3) is 8.01. The van der Waals surface area contributed by atoms with Crippen molar-refractivity contribution in [3.8, 4) is 0 Å². The van der Waals surface area contributed by atoms with Gasteiger partial charge in [0.05, 0.1) is 0 Å². The molecule has 162 valence electrons. The second kappa shape index (κ2) is 13.1. The van der Waals surface area contributed by atoms with Gasteiger partial charge in [-0.05, 0) is 17.1 Å². The molecule has 3 aliphatic carbocycles. The predicted octanol–water partition coefficient (Wildman–Crippen LogP) is 1.47. The Kier molecular flexibility index (Phi) is 13.2. The third-order valence-electron chi connectivity index (χ3n) is 4.42. The summed E-state index contributed by atoms with van der Waals surface area (Å²) in [5.41, 5.74) is 6.00. The maximum absolute atomic E-state index is 3.45. The van der Waals surface area contributed by atoms with Gasteiger partial charge in [0.15, 0.2) is 0 Å². The smallest absolute Gasteiger partial charge is 1.00 e. The van der Waals surface area contributed by atoms with Crippen molar-refractivity contribution in [1.82, 2.24) is 0 Å². The van der Waals surface area contributed by atoms with Crippen LogP contribution in [-0.4, -0.2) is 20.3 Å². The van der Waals surface area contributed by atoms with Crippen molar-refractivity contribution >= 4 is 22.9 Å². The number of halogens is 2. The molecule has 30 heavy (non-hydrogen) atoms. The first-order valence-electron chi connectivity index (χ1n) is 9.67. The Morgan fingerprint density at radius 3 is 2.30 bits per heavy atom. The Morgan fingerprint density at radius 1 is 1.17 bits per heavy atom. The summed E-state index contributed by atoms with van der Waals surface area (Å²) in [5, 5.41) is 2.00. The summed E-state index contributed by atoms with van der Waals surface area (Å²) in [5.74, 6) is 0. The molecule has 0 saturated heterocycles. The van der Waals surface area contributed by atoms with Crippen molar-refractivity contribution in [2.45, 2.75) is 59.3 Å². The van der Waals surface area contributed by atoms with E-state index in [1.165, 1.54) is 30.4 Å². The van der Waals surface area contributed by atoms with Gasteiger partial charge in [0.1, 0.15) is 0 Å². The van der Waals surface area contributed by atoms with E-state index in [0.717, 1.165) is 5.66 Å². The average molecular weight is 557 g/mol. The molecule has 1 heterocycles. The van der Waals surface area contributed by atoms with Crippen molar-refractivity contribution in [2.75, 3.05) is 6.26 Å². The van der Waals surface area contributed by atoms with Crippen molar-refractivity contribution in [3.05, 3.63) is 81.1 Å². The molecule has 0 radical (unpaired) electrons. The van der Waals surface area contributed by atoms with E-state index in [-0.39, 0.29) is 32.7 Å². The Hall–Kier alpha value is 0.293. The normalized spacial score (nSPS) is 22.2. The third-order valence-corrected chi connectivity index (χ3v) is 8.50. The van der Waals surface area contributed by atoms with E-state index in [1.54, 1.807) is 41.3 Å². The minimum atomic E-state index is -0.0292. The SMILES string of the molecule is CC1=[C-]C2=CC(C)P(C(C)(C)C)C2=C1.CSC1=C2[C-]=CC=C2C=C1.C[C](C)=[Zr+2].[Cl-].[Cl-]. The first-order valence-corrected chi connectivity index (χ1v) is 13.5. The molecule has 0 nitrogen and oxygen atoms in total. The molecule has 0 fully saturated rings. The number of rotatable bonds is 1. The van der Waals surface area contributed by atoms with Crippen LogP contribution < -0.4 is 24.8 Å². The molecular weight excluding hydrogens is 525 g/mol. The van der Waals surface area contributed by atoms with Crippen LogP contribution in [0.25, 0.3) is 0 Å². The predicted molar refractivity (Wildman–Crippen MR) is 127 cm³/mol. The molecule has 2 unspecified atom stereocenters. The monoisotopic (exact) mass is 554 g/mol. The van der Waals surface area contributed by atoms with Crippen LogP contribution in [-0.2, 0) is 24.2 Å². The summed E-state index contributed by atoms with van der Waals surface area (Å²) in [4.78, 5) is 1.33. The molecule has 5 heteroatoms. The van der Waals surface area contributed by atoms with E-state index in [2.05, 4.69) is 97.3 Å². The fraction of sp³-hybridized carbons (Fsp3) is 0.400. The van der Waals surface area contributed by atoms with Gasteiger partial charge < -0.3 is 24.8 Å². The largest absolute Gasteiger partial charge is 1.00 e. The van der Waals surface area contributed by atoms with Gasteiger partial charge in [0.2, 0.25) is 0 Å². The topological polar surface area (TPSA) is 0 Å². The van der Waals surface area contributed by atoms with Gasteiger partial charge in [-0.25, -0.2) is 0 Å². The van der Waals surface area contributed by atoms with Crippen LogP contribution in [0.15, 0.2) is 69.0 Å². The molecule has 2 atom stereocenters. The van der Waals surface area contributed by atoms with Crippen LogP contribution in [0, 0.1) is 12.2 Å². The van der Waals surface area contributed by atoms with Crippen LogP contribution in [0.4, 0.5) is 0 Å². The molecular formula is C25H31Cl2PSZr-2. The molecule has 4 rings (SSSR count). The Bertz CT molecular complexity index is 860. The van der Waals surface area contributed by atoms with E-state index in [4.69, 9.17) is 0 Å². The Labute approximate surface area is 217 Å². The van der Waals surface area contributed by atoms with Gasteiger partial charge in [-0.1, -0.05) is 45.6 Å². The zero-order valence-corrected chi connectivity index (χ0v) is 24.8. The van der Waals surface area contributed by atoms with Crippen molar-refractivity contribution in [2.24, 2.45) is 0 Å². The fourth-order valence-corrected chi connectivity index (χ4v) is 7.57. The minimum Gasteiger partial charge on any atom is -1.00 e. The molecule has 0 aromatic carbocycles. The molecule has 1 aliphatic heterocycles. The van der Waals surface area contributed by atoms with Gasteiger partial charge in [-0.2, -0.15) is 41.6 Å². The molecule has 0 bridgehead atoms. The van der Waals surface area contributed by atoms with Gasteiger partial charge in [0, 0.05) is 0 Å². The van der Waals surface area contributed by atoms with Gasteiger partial charge >= 0.3 is 41.3 Å². The first kappa shape index (κ1) is 30.3. The standard InChI is InChI=1S/C13H18P.C9H7S.C3H6.2ClH.Zr/c1-9-6-11-8-10(2)14(12(11)7-9)13(3,4)5;1-10-9-6-5-7-3-2-4-8(7)9;1-3-2;;;/h7-8,10H,1-5H3;2-3,5-6H,1H3;1-2H3;2*1H;/q2*-1;;;;+2/p-2. The van der Waals surface area contributed by atoms with Gasteiger partial charge in [0.25, 0.3) is 0 Å². The van der Waals surface area contributed by atoms with Gasteiger partial charge in [-0.15, -0.1) is 48.2 Å². The number of hydrogen-bond donors (Lipinski definition) is 0. The van der Waals surface area contributed by atoms with Crippen molar-refractivity contribution < 1.29 is 49.0 Å². The summed E-state index contributed by atoms with van der Waals surface area (Å²) in [6.07, 6.45) is 21.8. The Morgan fingerprint density at radius 2 is 1.77 bits per heavy atom. The maximum atomic E-state index is 3.45. The molecule has 0 saturated carbocycles. The quantitative estimate of drug-likeness (QED) is 0.349. The molecule has 0 N–H and O–H groups in total. The van der Waals surface area contributed by atoms with Crippen LogP contribution in [0.5, 0.6) is 0 Å². The molecule has 0 amide bonds. The maximum Gasteiger partial charge on any atom is -1.00 e. The Balaban J connectivity index is 0.000000465. The van der Waals surface area contributed by atoms with E-state index >= 15 is 0 Å². The number of allylic oxidation sites excluding steroid dienone is 13.